The maximum absolute atomic E-state index is 9.10. The number of hydrogen-bond acceptors (Lipinski definition) is 6. The number of fused-ring (bicyclic) bond motifs is 1. The zero-order valence-electron chi connectivity index (χ0n) is 15.8. The average Bonchev–Trinajstić information content (AvgIpc) is 3.32. The molecule has 0 saturated carbocycles. The van der Waals surface area contributed by atoms with Crippen molar-refractivity contribution in [1.82, 2.24) is 9.55 Å². The molecular weight excluding hydrogens is 414 g/mol. The summed E-state index contributed by atoms with van der Waals surface area (Å²) in [6.07, 6.45) is 1.85. The molecule has 0 amide bonds. The van der Waals surface area contributed by atoms with Crippen LogP contribution in [0.5, 0.6) is 11.5 Å². The molecule has 3 aromatic rings. The van der Waals surface area contributed by atoms with Crippen molar-refractivity contribution in [3.63, 3.8) is 0 Å². The molecule has 2 heterocycles. The number of carbonyl (C=O) groups is 2. The minimum atomic E-state index is -1.82. The van der Waals surface area contributed by atoms with Crippen LogP contribution >= 0.6 is 11.6 Å². The lowest BCUT2D eigenvalue weighted by Gasteiger charge is -2.09. The topological polar surface area (TPSA) is 123 Å². The second-order valence-corrected chi connectivity index (χ2v) is 6.62. The number of carboxylic acids is 2. The van der Waals surface area contributed by atoms with E-state index in [-0.39, 0.29) is 6.79 Å². The molecule has 1 aliphatic heterocycles. The first-order valence-electron chi connectivity index (χ1n) is 8.71. The van der Waals surface area contributed by atoms with Gasteiger partial charge in [0, 0.05) is 24.2 Å². The molecule has 0 aliphatic carbocycles. The van der Waals surface area contributed by atoms with Gasteiger partial charge in [-0.15, -0.1) is 0 Å². The largest absolute Gasteiger partial charge is 0.473 e. The van der Waals surface area contributed by atoms with Gasteiger partial charge in [-0.3, -0.25) is 0 Å². The number of hydrogen-bond donors (Lipinski definition) is 3. The zero-order chi connectivity index (χ0) is 21.7. The summed E-state index contributed by atoms with van der Waals surface area (Å²) >= 11 is 6.02. The summed E-state index contributed by atoms with van der Waals surface area (Å²) in [4.78, 5) is 22.7. The van der Waals surface area contributed by atoms with Crippen LogP contribution in [0.1, 0.15) is 5.56 Å². The van der Waals surface area contributed by atoms with Gasteiger partial charge in [-0.25, -0.2) is 14.6 Å². The lowest BCUT2D eigenvalue weighted by atomic mass is 10.1. The Morgan fingerprint density at radius 1 is 1.13 bits per heavy atom. The van der Waals surface area contributed by atoms with E-state index in [1.54, 1.807) is 0 Å². The Morgan fingerprint density at radius 3 is 2.57 bits per heavy atom. The van der Waals surface area contributed by atoms with Gasteiger partial charge >= 0.3 is 11.9 Å². The molecule has 0 radical (unpaired) electrons. The van der Waals surface area contributed by atoms with Crippen molar-refractivity contribution >= 4 is 29.5 Å². The highest BCUT2D eigenvalue weighted by Gasteiger charge is 2.16. The molecule has 0 saturated heterocycles. The normalized spacial score (nSPS) is 11.4. The van der Waals surface area contributed by atoms with E-state index in [0.29, 0.717) is 6.54 Å². The summed E-state index contributed by atoms with van der Waals surface area (Å²) in [7, 11) is 1.98. The van der Waals surface area contributed by atoms with Crippen LogP contribution in [0.4, 0.5) is 5.95 Å². The van der Waals surface area contributed by atoms with Crippen molar-refractivity contribution in [2.24, 2.45) is 7.05 Å². The summed E-state index contributed by atoms with van der Waals surface area (Å²) in [6.45, 7) is 0.933. The number of anilines is 1. The zero-order valence-corrected chi connectivity index (χ0v) is 16.6. The molecule has 0 unspecified atom stereocenters. The van der Waals surface area contributed by atoms with Crippen LogP contribution in [-0.4, -0.2) is 38.5 Å². The number of imidazole rings is 1. The minimum absolute atomic E-state index is 0.274. The maximum Gasteiger partial charge on any atom is 0.414 e. The second-order valence-electron chi connectivity index (χ2n) is 6.19. The molecule has 0 bridgehead atoms. The van der Waals surface area contributed by atoms with Gasteiger partial charge in [0.15, 0.2) is 11.5 Å². The van der Waals surface area contributed by atoms with Crippen LogP contribution in [0, 0.1) is 0 Å². The summed E-state index contributed by atoms with van der Waals surface area (Å²) in [5, 5.41) is 18.9. The third-order valence-corrected chi connectivity index (χ3v) is 4.41. The molecule has 1 aliphatic rings. The Hall–Kier alpha value is -3.72. The summed E-state index contributed by atoms with van der Waals surface area (Å²) in [5.74, 6) is -1.31. The number of nitrogens with zero attached hydrogens (tertiary/aromatic N) is 2. The van der Waals surface area contributed by atoms with Gasteiger partial charge in [0.1, 0.15) is 0 Å². The number of benzene rings is 2. The van der Waals surface area contributed by atoms with Gasteiger partial charge in [0.25, 0.3) is 0 Å². The Bertz CT molecular complexity index is 1070. The Balaban J connectivity index is 0.000000377. The van der Waals surface area contributed by atoms with Crippen LogP contribution in [0.3, 0.4) is 0 Å². The fraction of sp³-hybridized carbons (Fsp3) is 0.150. The molecular formula is C20H18ClN3O6. The minimum Gasteiger partial charge on any atom is -0.473 e. The predicted octanol–water partition coefficient (Wildman–Crippen LogP) is 3.24. The molecule has 10 heteroatoms. The van der Waals surface area contributed by atoms with Gasteiger partial charge in [-0.2, -0.15) is 0 Å². The number of ether oxygens (including phenoxy) is 2. The Kier molecular flexibility index (Phi) is 6.43. The van der Waals surface area contributed by atoms with Crippen LogP contribution < -0.4 is 14.8 Å². The lowest BCUT2D eigenvalue weighted by Crippen LogP contribution is -2.09. The first-order valence-corrected chi connectivity index (χ1v) is 9.09. The smallest absolute Gasteiger partial charge is 0.414 e. The standard InChI is InChI=1S/C18H16ClN3O2.C2H2O4/c1-22-15(13-5-6-16-17(8-13)24-11-23-16)10-21-18(22)20-9-12-3-2-4-14(19)7-12;3-1(4)2(5)6/h2-8,10H,9,11H2,1H3,(H,20,21);(H,3,4)(H,5,6). The highest BCUT2D eigenvalue weighted by atomic mass is 35.5. The van der Waals surface area contributed by atoms with Gasteiger partial charge < -0.3 is 29.6 Å². The van der Waals surface area contributed by atoms with Crippen LogP contribution in [0.25, 0.3) is 11.3 Å². The SMILES string of the molecule is Cn1c(-c2ccc3c(c2)OCO3)cnc1NCc1cccc(Cl)c1.O=C(O)C(=O)O. The van der Waals surface area contributed by atoms with E-state index in [1.807, 2.05) is 60.3 Å². The van der Waals surface area contributed by atoms with E-state index in [1.165, 1.54) is 0 Å². The summed E-state index contributed by atoms with van der Waals surface area (Å²) in [5.41, 5.74) is 3.14. The number of carboxylic acid groups (broad SMARTS) is 2. The summed E-state index contributed by atoms with van der Waals surface area (Å²) in [6, 6.07) is 13.7. The quantitative estimate of drug-likeness (QED) is 0.538. The second kappa shape index (κ2) is 9.19. The van der Waals surface area contributed by atoms with Gasteiger partial charge in [0.2, 0.25) is 12.7 Å². The summed E-state index contributed by atoms with van der Waals surface area (Å²) < 4.78 is 12.8. The molecule has 3 N–H and O–H groups in total. The fourth-order valence-corrected chi connectivity index (χ4v) is 2.94. The van der Waals surface area contributed by atoms with E-state index in [9.17, 15) is 0 Å². The van der Waals surface area contributed by atoms with E-state index in [2.05, 4.69) is 10.3 Å². The molecule has 30 heavy (non-hydrogen) atoms. The third-order valence-electron chi connectivity index (χ3n) is 4.18. The number of nitrogens with one attached hydrogen (secondary N) is 1. The van der Waals surface area contributed by atoms with E-state index >= 15 is 0 Å². The Morgan fingerprint density at radius 2 is 1.87 bits per heavy atom. The van der Waals surface area contributed by atoms with E-state index in [0.717, 1.165) is 39.3 Å². The first-order chi connectivity index (χ1) is 14.3. The Labute approximate surface area is 176 Å². The van der Waals surface area contributed by atoms with Crippen LogP contribution in [-0.2, 0) is 23.2 Å². The molecule has 4 rings (SSSR count). The average molecular weight is 432 g/mol. The number of rotatable bonds is 4. The first kappa shape index (κ1) is 21.0. The van der Waals surface area contributed by atoms with Crippen molar-refractivity contribution in [3.8, 4) is 22.8 Å². The van der Waals surface area contributed by atoms with Gasteiger partial charge in [-0.05, 0) is 35.9 Å². The van der Waals surface area contributed by atoms with Crippen molar-refractivity contribution in [3.05, 3.63) is 59.2 Å². The third kappa shape index (κ3) is 5.00. The van der Waals surface area contributed by atoms with Gasteiger partial charge in [0.05, 0.1) is 11.9 Å². The van der Waals surface area contributed by atoms with Crippen molar-refractivity contribution < 1.29 is 29.3 Å². The number of halogens is 1. The molecule has 1 aromatic heterocycles. The van der Waals surface area contributed by atoms with Crippen molar-refractivity contribution in [2.45, 2.75) is 6.54 Å². The van der Waals surface area contributed by atoms with Gasteiger partial charge in [-0.1, -0.05) is 23.7 Å². The lowest BCUT2D eigenvalue weighted by molar-refractivity contribution is -0.159. The molecule has 156 valence electrons. The van der Waals surface area contributed by atoms with Crippen molar-refractivity contribution in [1.29, 1.82) is 0 Å². The van der Waals surface area contributed by atoms with E-state index < -0.39 is 11.9 Å². The van der Waals surface area contributed by atoms with Crippen LogP contribution in [0.2, 0.25) is 5.02 Å². The molecule has 0 atom stereocenters. The highest BCUT2D eigenvalue weighted by molar-refractivity contribution is 6.30. The number of aliphatic carboxylic acids is 2. The maximum atomic E-state index is 9.10. The molecule has 0 fully saturated rings. The predicted molar refractivity (Wildman–Crippen MR) is 109 cm³/mol. The van der Waals surface area contributed by atoms with Crippen molar-refractivity contribution in [2.75, 3.05) is 12.1 Å². The van der Waals surface area contributed by atoms with Crippen LogP contribution in [0.15, 0.2) is 48.7 Å². The van der Waals surface area contributed by atoms with E-state index in [4.69, 9.17) is 40.9 Å². The monoisotopic (exact) mass is 431 g/mol. The molecule has 9 nitrogen and oxygen atoms in total. The molecule has 0 spiro atoms. The number of aromatic nitrogens is 2. The highest BCUT2D eigenvalue weighted by Crippen LogP contribution is 2.36. The molecule has 2 aromatic carbocycles. The fourth-order valence-electron chi connectivity index (χ4n) is 2.73.